The zero-order valence-electron chi connectivity index (χ0n) is 12.9. The van der Waals surface area contributed by atoms with Gasteiger partial charge in [-0.1, -0.05) is 13.8 Å². The highest BCUT2D eigenvalue weighted by Gasteiger charge is 2.30. The third kappa shape index (κ3) is 4.32. The summed E-state index contributed by atoms with van der Waals surface area (Å²) in [6, 6.07) is 4.29. The van der Waals surface area contributed by atoms with Crippen LogP contribution in [0.4, 0.5) is 0 Å². The van der Waals surface area contributed by atoms with Crippen LogP contribution in [-0.4, -0.2) is 25.0 Å². The van der Waals surface area contributed by atoms with Gasteiger partial charge in [0.25, 0.3) is 5.91 Å². The number of thiophene rings is 1. The van der Waals surface area contributed by atoms with Crippen LogP contribution in [0.15, 0.2) is 11.4 Å². The van der Waals surface area contributed by atoms with E-state index in [0.29, 0.717) is 6.54 Å². The average Bonchev–Trinajstić information content (AvgIpc) is 2.74. The van der Waals surface area contributed by atoms with Crippen LogP contribution in [-0.2, 0) is 11.3 Å². The highest BCUT2D eigenvalue weighted by Crippen LogP contribution is 2.15. The highest BCUT2D eigenvalue weighted by molar-refractivity contribution is 7.10. The van der Waals surface area contributed by atoms with Crippen LogP contribution in [0.3, 0.4) is 0 Å². The number of amides is 1. The molecule has 0 saturated carbocycles. The fourth-order valence-corrected chi connectivity index (χ4v) is 2.85. The van der Waals surface area contributed by atoms with Gasteiger partial charge in [0.1, 0.15) is 12.1 Å². The lowest BCUT2D eigenvalue weighted by Gasteiger charge is -2.27. The standard InChI is InChI=1S/C15H23N3OS/c1-11(2)15(4,10-16)17-14(19)9-18(5)8-13-12(3)6-7-20-13/h6-7,11H,8-9H2,1-5H3,(H,17,19)/p+1/t15-/m1/s1. The van der Waals surface area contributed by atoms with Crippen molar-refractivity contribution in [2.75, 3.05) is 13.6 Å². The summed E-state index contributed by atoms with van der Waals surface area (Å²) in [6.07, 6.45) is 0. The van der Waals surface area contributed by atoms with Crippen LogP contribution < -0.4 is 10.2 Å². The average molecular weight is 294 g/mol. The largest absolute Gasteiger partial charge is 0.333 e. The SMILES string of the molecule is Cc1ccsc1C[NH+](C)CC(=O)N[C@](C)(C#N)C(C)C. The fourth-order valence-electron chi connectivity index (χ4n) is 1.83. The summed E-state index contributed by atoms with van der Waals surface area (Å²) >= 11 is 1.72. The van der Waals surface area contributed by atoms with Crippen molar-refractivity contribution in [1.29, 1.82) is 5.26 Å². The third-order valence-corrected chi connectivity index (χ3v) is 4.70. The summed E-state index contributed by atoms with van der Waals surface area (Å²) in [4.78, 5) is 14.5. The van der Waals surface area contributed by atoms with E-state index in [-0.39, 0.29) is 11.8 Å². The summed E-state index contributed by atoms with van der Waals surface area (Å²) in [6.45, 7) is 8.95. The van der Waals surface area contributed by atoms with E-state index in [9.17, 15) is 10.1 Å². The van der Waals surface area contributed by atoms with Crippen LogP contribution in [0.2, 0.25) is 0 Å². The first-order valence-electron chi connectivity index (χ1n) is 6.85. The van der Waals surface area contributed by atoms with E-state index in [1.165, 1.54) is 10.4 Å². The molecular weight excluding hydrogens is 270 g/mol. The second-order valence-electron chi connectivity index (χ2n) is 5.85. The van der Waals surface area contributed by atoms with Gasteiger partial charge in [0, 0.05) is 0 Å². The van der Waals surface area contributed by atoms with Crippen molar-refractivity contribution in [3.63, 3.8) is 0 Å². The molecule has 5 heteroatoms. The molecule has 0 fully saturated rings. The van der Waals surface area contributed by atoms with Crippen molar-refractivity contribution in [2.24, 2.45) is 5.92 Å². The number of nitrogens with one attached hydrogen (secondary N) is 2. The molecule has 1 rings (SSSR count). The highest BCUT2D eigenvalue weighted by atomic mass is 32.1. The maximum Gasteiger partial charge on any atom is 0.276 e. The molecule has 0 spiro atoms. The van der Waals surface area contributed by atoms with Crippen LogP contribution in [0.1, 0.15) is 31.2 Å². The summed E-state index contributed by atoms with van der Waals surface area (Å²) < 4.78 is 0. The number of nitriles is 1. The Bertz CT molecular complexity index is 503. The summed E-state index contributed by atoms with van der Waals surface area (Å²) in [5.74, 6) is 0.00533. The van der Waals surface area contributed by atoms with E-state index in [4.69, 9.17) is 0 Å². The molecule has 1 amide bonds. The van der Waals surface area contributed by atoms with Crippen LogP contribution in [0.5, 0.6) is 0 Å². The second kappa shape index (κ2) is 6.87. The summed E-state index contributed by atoms with van der Waals surface area (Å²) in [5.41, 5.74) is 0.481. The summed E-state index contributed by atoms with van der Waals surface area (Å²) in [7, 11) is 2.00. The number of carbonyl (C=O) groups excluding carboxylic acids is 1. The minimum absolute atomic E-state index is 0.0746. The van der Waals surface area contributed by atoms with Gasteiger partial charge in [-0.05, 0) is 36.8 Å². The van der Waals surface area contributed by atoms with Gasteiger partial charge in [0.05, 0.1) is 18.0 Å². The van der Waals surface area contributed by atoms with Crippen LogP contribution >= 0.6 is 11.3 Å². The van der Waals surface area contributed by atoms with Crippen molar-refractivity contribution >= 4 is 17.2 Å². The lowest BCUT2D eigenvalue weighted by Crippen LogP contribution is -3.09. The number of nitrogens with zero attached hydrogens (tertiary/aromatic N) is 1. The van der Waals surface area contributed by atoms with Gasteiger partial charge >= 0.3 is 0 Å². The molecule has 0 saturated heterocycles. The molecule has 0 radical (unpaired) electrons. The Morgan fingerprint density at radius 3 is 2.70 bits per heavy atom. The maximum absolute atomic E-state index is 12.1. The van der Waals surface area contributed by atoms with Crippen molar-refractivity contribution in [2.45, 2.75) is 39.8 Å². The van der Waals surface area contributed by atoms with Gasteiger partial charge in [-0.2, -0.15) is 5.26 Å². The molecule has 110 valence electrons. The van der Waals surface area contributed by atoms with E-state index in [1.807, 2.05) is 20.9 Å². The summed E-state index contributed by atoms with van der Waals surface area (Å²) in [5, 5.41) is 14.1. The minimum Gasteiger partial charge on any atom is -0.333 e. The Kier molecular flexibility index (Phi) is 5.73. The molecule has 2 atom stereocenters. The van der Waals surface area contributed by atoms with E-state index < -0.39 is 5.54 Å². The van der Waals surface area contributed by atoms with E-state index >= 15 is 0 Å². The molecule has 1 heterocycles. The van der Waals surface area contributed by atoms with Crippen LogP contribution in [0, 0.1) is 24.2 Å². The number of quaternary nitrogens is 1. The van der Waals surface area contributed by atoms with E-state index in [0.717, 1.165) is 11.4 Å². The number of likely N-dealkylation sites (N-methyl/N-ethyl adjacent to an activating group) is 1. The second-order valence-corrected chi connectivity index (χ2v) is 6.86. The fraction of sp³-hybridized carbons (Fsp3) is 0.600. The van der Waals surface area contributed by atoms with Crippen molar-refractivity contribution in [3.8, 4) is 6.07 Å². The molecular formula is C15H24N3OS+. The van der Waals surface area contributed by atoms with Crippen molar-refractivity contribution in [3.05, 3.63) is 21.9 Å². The lowest BCUT2D eigenvalue weighted by atomic mass is 9.90. The van der Waals surface area contributed by atoms with Gasteiger partial charge in [-0.3, -0.25) is 4.79 Å². The molecule has 0 aliphatic heterocycles. The molecule has 2 N–H and O–H groups in total. The Morgan fingerprint density at radius 1 is 1.60 bits per heavy atom. The molecule has 0 bridgehead atoms. The molecule has 20 heavy (non-hydrogen) atoms. The number of hydrogen-bond donors (Lipinski definition) is 2. The zero-order chi connectivity index (χ0) is 15.3. The van der Waals surface area contributed by atoms with Gasteiger partial charge in [0.2, 0.25) is 0 Å². The Balaban J connectivity index is 2.54. The Labute approximate surface area is 125 Å². The van der Waals surface area contributed by atoms with E-state index in [2.05, 4.69) is 29.8 Å². The molecule has 0 aromatic carbocycles. The Hall–Kier alpha value is -1.38. The molecule has 1 aromatic rings. The maximum atomic E-state index is 12.1. The number of rotatable bonds is 6. The minimum atomic E-state index is -0.795. The lowest BCUT2D eigenvalue weighted by molar-refractivity contribution is -0.885. The predicted molar refractivity (Wildman–Crippen MR) is 81.5 cm³/mol. The molecule has 0 aliphatic rings. The Morgan fingerprint density at radius 2 is 2.25 bits per heavy atom. The van der Waals surface area contributed by atoms with Gasteiger partial charge in [0.15, 0.2) is 6.54 Å². The van der Waals surface area contributed by atoms with Crippen molar-refractivity contribution < 1.29 is 9.69 Å². The number of carbonyl (C=O) groups is 1. The topological polar surface area (TPSA) is 57.3 Å². The smallest absolute Gasteiger partial charge is 0.276 e. The normalized spacial score (nSPS) is 15.4. The molecule has 1 aromatic heterocycles. The first kappa shape index (κ1) is 16.7. The number of aryl methyl sites for hydroxylation is 1. The van der Waals surface area contributed by atoms with Crippen LogP contribution in [0.25, 0.3) is 0 Å². The predicted octanol–water partition coefficient (Wildman–Crippen LogP) is 1.13. The van der Waals surface area contributed by atoms with Gasteiger partial charge in [-0.25, -0.2) is 0 Å². The van der Waals surface area contributed by atoms with E-state index in [1.54, 1.807) is 18.3 Å². The monoisotopic (exact) mass is 294 g/mol. The van der Waals surface area contributed by atoms with Gasteiger partial charge < -0.3 is 10.2 Å². The third-order valence-electron chi connectivity index (χ3n) is 3.68. The van der Waals surface area contributed by atoms with Gasteiger partial charge in [-0.15, -0.1) is 11.3 Å². The number of hydrogen-bond acceptors (Lipinski definition) is 3. The van der Waals surface area contributed by atoms with Crippen molar-refractivity contribution in [1.82, 2.24) is 5.32 Å². The first-order valence-corrected chi connectivity index (χ1v) is 7.73. The first-order chi connectivity index (χ1) is 9.28. The molecule has 4 nitrogen and oxygen atoms in total. The molecule has 1 unspecified atom stereocenters. The quantitative estimate of drug-likeness (QED) is 0.826. The zero-order valence-corrected chi connectivity index (χ0v) is 13.7. The molecule has 0 aliphatic carbocycles.